The van der Waals surface area contributed by atoms with E-state index in [1.165, 1.54) is 11.8 Å². The number of hydrogen-bond donors (Lipinski definition) is 1. The molecule has 0 radical (unpaired) electrons. The largest absolute Gasteiger partial charge is 0.378 e. The molecule has 1 unspecified atom stereocenters. The van der Waals surface area contributed by atoms with E-state index >= 15 is 0 Å². The van der Waals surface area contributed by atoms with Crippen LogP contribution in [0.2, 0.25) is 5.02 Å². The summed E-state index contributed by atoms with van der Waals surface area (Å²) in [5.41, 5.74) is 3.78. The van der Waals surface area contributed by atoms with E-state index in [0.29, 0.717) is 29.1 Å². The van der Waals surface area contributed by atoms with Gasteiger partial charge in [-0.2, -0.15) is 0 Å². The van der Waals surface area contributed by atoms with Crippen molar-refractivity contribution in [2.45, 2.75) is 31.2 Å². The number of rotatable bonds is 6. The monoisotopic (exact) mass is 471 g/mol. The molecule has 1 aromatic heterocycles. The lowest BCUT2D eigenvalue weighted by atomic mass is 10.2. The molecule has 1 aliphatic heterocycles. The van der Waals surface area contributed by atoms with Gasteiger partial charge in [0.25, 0.3) is 0 Å². The summed E-state index contributed by atoms with van der Waals surface area (Å²) in [7, 11) is 0. The molecule has 1 N–H and O–H groups in total. The third kappa shape index (κ3) is 4.92. The van der Waals surface area contributed by atoms with Gasteiger partial charge in [-0.15, -0.1) is 10.2 Å². The Morgan fingerprint density at radius 3 is 2.62 bits per heavy atom. The molecule has 168 valence electrons. The molecule has 1 amide bonds. The minimum Gasteiger partial charge on any atom is -0.378 e. The lowest BCUT2D eigenvalue weighted by Crippen LogP contribution is -2.38. The van der Waals surface area contributed by atoms with E-state index in [1.807, 2.05) is 48.7 Å². The number of halogens is 1. The van der Waals surface area contributed by atoms with Crippen LogP contribution in [0.1, 0.15) is 18.1 Å². The normalized spacial score (nSPS) is 14.9. The van der Waals surface area contributed by atoms with Gasteiger partial charge in [-0.1, -0.05) is 47.6 Å². The second kappa shape index (κ2) is 9.94. The third-order valence-electron chi connectivity index (χ3n) is 5.38. The second-order valence-electron chi connectivity index (χ2n) is 7.71. The molecule has 2 aromatic carbocycles. The van der Waals surface area contributed by atoms with Crippen molar-refractivity contribution in [3.63, 3.8) is 0 Å². The molecule has 0 saturated carbocycles. The number of morpholine rings is 1. The van der Waals surface area contributed by atoms with Crippen LogP contribution in [-0.2, 0) is 9.53 Å². The first kappa shape index (κ1) is 22.6. The van der Waals surface area contributed by atoms with Gasteiger partial charge >= 0.3 is 0 Å². The number of carbonyl (C=O) groups excluding carboxylic acids is 1. The van der Waals surface area contributed by atoms with Crippen molar-refractivity contribution < 1.29 is 9.53 Å². The van der Waals surface area contributed by atoms with E-state index in [-0.39, 0.29) is 5.91 Å². The van der Waals surface area contributed by atoms with E-state index in [1.54, 1.807) is 6.07 Å². The number of anilines is 2. The van der Waals surface area contributed by atoms with Crippen molar-refractivity contribution in [2.75, 3.05) is 36.5 Å². The highest BCUT2D eigenvalue weighted by Gasteiger charge is 2.25. The molecular formula is C23H26ClN5O2S. The van der Waals surface area contributed by atoms with E-state index in [9.17, 15) is 4.79 Å². The maximum Gasteiger partial charge on any atom is 0.237 e. The highest BCUT2D eigenvalue weighted by molar-refractivity contribution is 8.00. The number of para-hydroxylation sites is 1. The maximum atomic E-state index is 12.9. The van der Waals surface area contributed by atoms with Crippen LogP contribution in [0.3, 0.4) is 0 Å². The first-order valence-electron chi connectivity index (χ1n) is 10.5. The fourth-order valence-electron chi connectivity index (χ4n) is 3.51. The summed E-state index contributed by atoms with van der Waals surface area (Å²) < 4.78 is 7.54. The average molecular weight is 472 g/mol. The van der Waals surface area contributed by atoms with E-state index in [4.69, 9.17) is 16.3 Å². The Bertz CT molecular complexity index is 1110. The summed E-state index contributed by atoms with van der Waals surface area (Å²) in [5.74, 6) is 0.649. The molecule has 7 nitrogen and oxygen atoms in total. The number of amides is 1. The second-order valence-corrected chi connectivity index (χ2v) is 9.46. The van der Waals surface area contributed by atoms with Crippen molar-refractivity contribution in [3.05, 3.63) is 58.6 Å². The first-order valence-corrected chi connectivity index (χ1v) is 11.8. The summed E-state index contributed by atoms with van der Waals surface area (Å²) in [6, 6.07) is 13.6. The molecule has 2 heterocycles. The Balaban J connectivity index is 1.61. The first-order chi connectivity index (χ1) is 15.4. The van der Waals surface area contributed by atoms with Crippen LogP contribution in [0.15, 0.2) is 47.6 Å². The zero-order valence-corrected chi connectivity index (χ0v) is 19.9. The fourth-order valence-corrected chi connectivity index (χ4v) is 4.53. The van der Waals surface area contributed by atoms with Gasteiger partial charge in [0.15, 0.2) is 5.16 Å². The fraction of sp³-hybridized carbons (Fsp3) is 0.348. The zero-order valence-electron chi connectivity index (χ0n) is 18.3. The van der Waals surface area contributed by atoms with Crippen molar-refractivity contribution in [1.82, 2.24) is 14.8 Å². The molecule has 9 heteroatoms. The van der Waals surface area contributed by atoms with Crippen LogP contribution in [0.4, 0.5) is 11.6 Å². The van der Waals surface area contributed by atoms with Crippen LogP contribution < -0.4 is 10.2 Å². The predicted octanol–water partition coefficient (Wildman–Crippen LogP) is 4.49. The van der Waals surface area contributed by atoms with E-state index in [0.717, 1.165) is 35.9 Å². The molecule has 32 heavy (non-hydrogen) atoms. The maximum absolute atomic E-state index is 12.9. The molecule has 4 rings (SSSR count). The molecule has 1 saturated heterocycles. The Kier molecular flexibility index (Phi) is 7.03. The number of carbonyl (C=O) groups is 1. The lowest BCUT2D eigenvalue weighted by Gasteiger charge is -2.28. The van der Waals surface area contributed by atoms with Crippen molar-refractivity contribution >= 4 is 40.9 Å². The van der Waals surface area contributed by atoms with Crippen molar-refractivity contribution in [2.24, 2.45) is 0 Å². The number of thioether (sulfide) groups is 1. The topological polar surface area (TPSA) is 72.3 Å². The van der Waals surface area contributed by atoms with Gasteiger partial charge in [0, 0.05) is 23.8 Å². The quantitative estimate of drug-likeness (QED) is 0.534. The molecular weight excluding hydrogens is 446 g/mol. The van der Waals surface area contributed by atoms with Gasteiger partial charge in [-0.05, 0) is 50.1 Å². The number of ether oxygens (including phenoxy) is 1. The van der Waals surface area contributed by atoms with Crippen molar-refractivity contribution in [1.29, 1.82) is 0 Å². The van der Waals surface area contributed by atoms with E-state index < -0.39 is 5.25 Å². The third-order valence-corrected chi connectivity index (χ3v) is 6.65. The van der Waals surface area contributed by atoms with Gasteiger partial charge in [-0.25, -0.2) is 0 Å². The van der Waals surface area contributed by atoms with Crippen LogP contribution in [0.25, 0.3) is 5.69 Å². The summed E-state index contributed by atoms with van der Waals surface area (Å²) in [6.45, 7) is 8.67. The molecule has 0 aliphatic carbocycles. The minimum absolute atomic E-state index is 0.118. The van der Waals surface area contributed by atoms with Gasteiger partial charge in [0.2, 0.25) is 11.9 Å². The molecule has 1 aliphatic rings. The molecule has 0 spiro atoms. The Hall–Kier alpha value is -2.55. The standard InChI is InChI=1S/C23H26ClN5O2S/c1-15-8-9-18(24)14-19(15)25-21(30)17(3)32-23-27-26-22(28-10-12-31-13-11-28)29(23)20-7-5-4-6-16(20)2/h4-9,14,17H,10-13H2,1-3H3,(H,25,30). The van der Waals surface area contributed by atoms with Crippen LogP contribution in [-0.4, -0.2) is 52.2 Å². The smallest absolute Gasteiger partial charge is 0.237 e. The Labute approximate surface area is 197 Å². The number of nitrogens with one attached hydrogen (secondary N) is 1. The number of aromatic nitrogens is 3. The summed E-state index contributed by atoms with van der Waals surface area (Å²) >= 11 is 7.48. The zero-order chi connectivity index (χ0) is 22.7. The molecule has 1 fully saturated rings. The highest BCUT2D eigenvalue weighted by atomic mass is 35.5. The van der Waals surface area contributed by atoms with E-state index in [2.05, 4.69) is 33.4 Å². The highest BCUT2D eigenvalue weighted by Crippen LogP contribution is 2.31. The molecule has 1 atom stereocenters. The van der Waals surface area contributed by atoms with Gasteiger partial charge in [-0.3, -0.25) is 9.36 Å². The number of nitrogens with zero attached hydrogens (tertiary/aromatic N) is 4. The number of aryl methyl sites for hydroxylation is 2. The van der Waals surface area contributed by atoms with Gasteiger partial charge in [0.1, 0.15) is 0 Å². The predicted molar refractivity (Wildman–Crippen MR) is 129 cm³/mol. The van der Waals surface area contributed by atoms with Gasteiger partial charge in [0.05, 0.1) is 24.2 Å². The SMILES string of the molecule is Cc1ccc(Cl)cc1NC(=O)C(C)Sc1nnc(N2CCOCC2)n1-c1ccccc1C. The van der Waals surface area contributed by atoms with Crippen LogP contribution in [0.5, 0.6) is 0 Å². The Morgan fingerprint density at radius 1 is 1.12 bits per heavy atom. The summed E-state index contributed by atoms with van der Waals surface area (Å²) in [6.07, 6.45) is 0. The lowest BCUT2D eigenvalue weighted by molar-refractivity contribution is -0.115. The average Bonchev–Trinajstić information content (AvgIpc) is 3.20. The molecule has 3 aromatic rings. The minimum atomic E-state index is -0.391. The summed E-state index contributed by atoms with van der Waals surface area (Å²) in [4.78, 5) is 15.1. The number of hydrogen-bond acceptors (Lipinski definition) is 6. The number of benzene rings is 2. The van der Waals surface area contributed by atoms with Crippen LogP contribution in [0, 0.1) is 13.8 Å². The molecule has 0 bridgehead atoms. The Morgan fingerprint density at radius 2 is 1.88 bits per heavy atom. The van der Waals surface area contributed by atoms with Crippen molar-refractivity contribution in [3.8, 4) is 5.69 Å². The van der Waals surface area contributed by atoms with Gasteiger partial charge < -0.3 is 15.0 Å². The summed E-state index contributed by atoms with van der Waals surface area (Å²) in [5, 5.41) is 12.8. The van der Waals surface area contributed by atoms with Crippen LogP contribution >= 0.6 is 23.4 Å².